The first-order valence-electron chi connectivity index (χ1n) is 10.9. The molecule has 0 unspecified atom stereocenters. The number of aromatic nitrogens is 2. The Bertz CT molecular complexity index is 1270. The zero-order valence-electron chi connectivity index (χ0n) is 18.8. The van der Waals surface area contributed by atoms with Crippen LogP contribution in [0.4, 0.5) is 11.6 Å². The van der Waals surface area contributed by atoms with Gasteiger partial charge in [-0.05, 0) is 41.5 Å². The van der Waals surface area contributed by atoms with E-state index in [1.807, 2.05) is 78.9 Å². The SMILES string of the molecule is CC(=O)Nc1ccc(-c2ccnc(NCc3cccc(C(=O)NCc4ccccc4)c3)n2)cc1. The van der Waals surface area contributed by atoms with Crippen molar-refractivity contribution in [2.24, 2.45) is 0 Å². The number of carbonyl (C=O) groups excluding carboxylic acids is 2. The van der Waals surface area contributed by atoms with Gasteiger partial charge in [0.05, 0.1) is 5.69 Å². The standard InChI is InChI=1S/C27H25N5O2/c1-19(33)31-24-12-10-22(11-13-24)25-14-15-28-27(32-25)30-18-21-8-5-9-23(16-21)26(34)29-17-20-6-3-2-4-7-20/h2-16H,17-18H2,1H3,(H,29,34)(H,31,33)(H,28,30,32). The maximum atomic E-state index is 12.5. The molecule has 0 spiro atoms. The van der Waals surface area contributed by atoms with Crippen molar-refractivity contribution in [3.63, 3.8) is 0 Å². The van der Waals surface area contributed by atoms with Crippen LogP contribution in [0.25, 0.3) is 11.3 Å². The summed E-state index contributed by atoms with van der Waals surface area (Å²) in [6.07, 6.45) is 1.69. The van der Waals surface area contributed by atoms with E-state index in [1.165, 1.54) is 6.92 Å². The van der Waals surface area contributed by atoms with Crippen molar-refractivity contribution in [1.29, 1.82) is 0 Å². The van der Waals surface area contributed by atoms with E-state index in [9.17, 15) is 9.59 Å². The number of anilines is 2. The highest BCUT2D eigenvalue weighted by atomic mass is 16.2. The van der Waals surface area contributed by atoms with Crippen LogP contribution in [-0.4, -0.2) is 21.8 Å². The van der Waals surface area contributed by atoms with Gasteiger partial charge in [-0.1, -0.05) is 54.6 Å². The van der Waals surface area contributed by atoms with Crippen LogP contribution < -0.4 is 16.0 Å². The second-order valence-corrected chi connectivity index (χ2v) is 7.75. The van der Waals surface area contributed by atoms with Crippen LogP contribution in [0.5, 0.6) is 0 Å². The third-order valence-electron chi connectivity index (χ3n) is 5.09. The molecule has 0 radical (unpaired) electrons. The second-order valence-electron chi connectivity index (χ2n) is 7.75. The third-order valence-corrected chi connectivity index (χ3v) is 5.09. The molecule has 1 heterocycles. The van der Waals surface area contributed by atoms with Crippen molar-refractivity contribution in [3.05, 3.63) is 108 Å². The van der Waals surface area contributed by atoms with Gasteiger partial charge in [-0.3, -0.25) is 9.59 Å². The van der Waals surface area contributed by atoms with Crippen LogP contribution in [0.2, 0.25) is 0 Å². The molecule has 0 fully saturated rings. The minimum absolute atomic E-state index is 0.112. The second kappa shape index (κ2) is 10.9. The van der Waals surface area contributed by atoms with E-state index in [-0.39, 0.29) is 11.8 Å². The number of amides is 2. The number of hydrogen-bond donors (Lipinski definition) is 3. The van der Waals surface area contributed by atoms with Crippen LogP contribution in [0.1, 0.15) is 28.4 Å². The van der Waals surface area contributed by atoms with Crippen LogP contribution >= 0.6 is 0 Å². The average Bonchev–Trinajstić information content (AvgIpc) is 2.87. The van der Waals surface area contributed by atoms with E-state index >= 15 is 0 Å². The summed E-state index contributed by atoms with van der Waals surface area (Å²) in [6.45, 7) is 2.43. The number of benzene rings is 3. The number of nitrogens with zero attached hydrogens (tertiary/aromatic N) is 2. The maximum absolute atomic E-state index is 12.5. The van der Waals surface area contributed by atoms with E-state index in [0.29, 0.717) is 24.6 Å². The molecule has 0 saturated heterocycles. The first-order chi connectivity index (χ1) is 16.6. The lowest BCUT2D eigenvalue weighted by molar-refractivity contribution is -0.114. The summed E-state index contributed by atoms with van der Waals surface area (Å²) < 4.78 is 0. The predicted molar refractivity (Wildman–Crippen MR) is 133 cm³/mol. The Morgan fingerprint density at radius 3 is 2.35 bits per heavy atom. The fourth-order valence-corrected chi connectivity index (χ4v) is 3.42. The number of rotatable bonds is 8. The molecule has 1 aromatic heterocycles. The summed E-state index contributed by atoms with van der Waals surface area (Å²) in [7, 11) is 0. The minimum atomic E-state index is -0.119. The molecule has 4 aromatic rings. The van der Waals surface area contributed by atoms with Crippen molar-refractivity contribution in [2.75, 3.05) is 10.6 Å². The van der Waals surface area contributed by atoms with E-state index in [0.717, 1.165) is 28.1 Å². The Kier molecular flexibility index (Phi) is 7.25. The fourth-order valence-electron chi connectivity index (χ4n) is 3.42. The van der Waals surface area contributed by atoms with Crippen LogP contribution in [0.15, 0.2) is 91.1 Å². The van der Waals surface area contributed by atoms with Crippen LogP contribution in [0.3, 0.4) is 0 Å². The lowest BCUT2D eigenvalue weighted by Crippen LogP contribution is -2.22. The third kappa shape index (κ3) is 6.26. The van der Waals surface area contributed by atoms with Crippen molar-refractivity contribution in [2.45, 2.75) is 20.0 Å². The van der Waals surface area contributed by atoms with Crippen LogP contribution in [0, 0.1) is 0 Å². The zero-order valence-corrected chi connectivity index (χ0v) is 18.8. The summed E-state index contributed by atoms with van der Waals surface area (Å²) in [6, 6.07) is 26.6. The van der Waals surface area contributed by atoms with Crippen LogP contribution in [-0.2, 0) is 17.9 Å². The normalized spacial score (nSPS) is 10.4. The largest absolute Gasteiger partial charge is 0.350 e. The Hall–Kier alpha value is -4.52. The highest BCUT2D eigenvalue weighted by Gasteiger charge is 2.07. The van der Waals surface area contributed by atoms with Gasteiger partial charge in [0, 0.05) is 43.0 Å². The summed E-state index contributed by atoms with van der Waals surface area (Å²) in [5.74, 6) is 0.257. The van der Waals surface area contributed by atoms with E-state index in [2.05, 4.69) is 25.9 Å². The number of carbonyl (C=O) groups is 2. The minimum Gasteiger partial charge on any atom is -0.350 e. The molecule has 4 rings (SSSR count). The first-order valence-corrected chi connectivity index (χ1v) is 10.9. The van der Waals surface area contributed by atoms with E-state index in [1.54, 1.807) is 12.3 Å². The number of nitrogens with one attached hydrogen (secondary N) is 3. The molecular weight excluding hydrogens is 426 g/mol. The molecule has 7 nitrogen and oxygen atoms in total. The quantitative estimate of drug-likeness (QED) is 0.363. The molecule has 0 aliphatic heterocycles. The van der Waals surface area contributed by atoms with Gasteiger partial charge in [-0.25, -0.2) is 9.97 Å². The summed E-state index contributed by atoms with van der Waals surface area (Å²) >= 11 is 0. The van der Waals surface area contributed by atoms with Gasteiger partial charge in [0.25, 0.3) is 5.91 Å². The van der Waals surface area contributed by atoms with Crippen molar-refractivity contribution in [3.8, 4) is 11.3 Å². The Labute approximate surface area is 198 Å². The fraction of sp³-hybridized carbons (Fsp3) is 0.111. The molecule has 0 aliphatic carbocycles. The van der Waals surface area contributed by atoms with Gasteiger partial charge in [-0.15, -0.1) is 0 Å². The zero-order chi connectivity index (χ0) is 23.8. The van der Waals surface area contributed by atoms with Gasteiger partial charge >= 0.3 is 0 Å². The highest BCUT2D eigenvalue weighted by molar-refractivity contribution is 5.94. The molecule has 34 heavy (non-hydrogen) atoms. The molecule has 7 heteroatoms. The lowest BCUT2D eigenvalue weighted by atomic mass is 10.1. The molecule has 2 amide bonds. The number of hydrogen-bond acceptors (Lipinski definition) is 5. The Morgan fingerprint density at radius 1 is 0.824 bits per heavy atom. The monoisotopic (exact) mass is 451 g/mol. The Balaban J connectivity index is 1.37. The molecule has 0 bridgehead atoms. The van der Waals surface area contributed by atoms with Crippen molar-refractivity contribution in [1.82, 2.24) is 15.3 Å². The smallest absolute Gasteiger partial charge is 0.251 e. The molecule has 0 atom stereocenters. The molecule has 170 valence electrons. The van der Waals surface area contributed by atoms with Gasteiger partial charge in [0.15, 0.2) is 0 Å². The molecule has 0 aliphatic rings. The van der Waals surface area contributed by atoms with Gasteiger partial charge in [0.2, 0.25) is 11.9 Å². The first kappa shape index (κ1) is 22.7. The molecule has 0 saturated carbocycles. The van der Waals surface area contributed by atoms with Gasteiger partial charge in [0.1, 0.15) is 0 Å². The lowest BCUT2D eigenvalue weighted by Gasteiger charge is -2.09. The topological polar surface area (TPSA) is 96.0 Å². The van der Waals surface area contributed by atoms with Gasteiger partial charge < -0.3 is 16.0 Å². The predicted octanol–water partition coefficient (Wildman–Crippen LogP) is 4.64. The van der Waals surface area contributed by atoms with Gasteiger partial charge in [-0.2, -0.15) is 0 Å². The maximum Gasteiger partial charge on any atom is 0.251 e. The highest BCUT2D eigenvalue weighted by Crippen LogP contribution is 2.20. The average molecular weight is 452 g/mol. The molecule has 3 aromatic carbocycles. The summed E-state index contributed by atoms with van der Waals surface area (Å²) in [4.78, 5) is 32.6. The molecule has 3 N–H and O–H groups in total. The van der Waals surface area contributed by atoms with E-state index in [4.69, 9.17) is 0 Å². The summed E-state index contributed by atoms with van der Waals surface area (Å²) in [5.41, 5.74) is 5.01. The molecular formula is C27H25N5O2. The Morgan fingerprint density at radius 2 is 1.59 bits per heavy atom. The summed E-state index contributed by atoms with van der Waals surface area (Å²) in [5, 5.41) is 8.92. The van der Waals surface area contributed by atoms with Crippen molar-refractivity contribution >= 4 is 23.5 Å². The van der Waals surface area contributed by atoms with Crippen molar-refractivity contribution < 1.29 is 9.59 Å². The van der Waals surface area contributed by atoms with E-state index < -0.39 is 0 Å².